The minimum atomic E-state index is -0.809. The van der Waals surface area contributed by atoms with Crippen molar-refractivity contribution in [3.63, 3.8) is 0 Å². The Balaban J connectivity index is 2.22. The zero-order valence-electron chi connectivity index (χ0n) is 11.8. The number of rotatable bonds is 5. The number of aliphatic hydroxyl groups excluding tert-OH is 1. The smallest absolute Gasteiger partial charge is 0.171 e. The molecule has 0 saturated heterocycles. The van der Waals surface area contributed by atoms with Crippen LogP contribution in [0.1, 0.15) is 24.2 Å². The summed E-state index contributed by atoms with van der Waals surface area (Å²) in [5, 5.41) is 9.63. The van der Waals surface area contributed by atoms with E-state index in [0.717, 1.165) is 0 Å². The highest BCUT2D eigenvalue weighted by Gasteiger charge is 2.13. The van der Waals surface area contributed by atoms with Gasteiger partial charge in [-0.1, -0.05) is 12.1 Å². The first-order valence-corrected chi connectivity index (χ1v) is 6.44. The Bertz CT molecular complexity index is 627. The maximum Gasteiger partial charge on any atom is 0.171 e. The van der Waals surface area contributed by atoms with E-state index in [2.05, 4.69) is 0 Å². The molecule has 21 heavy (non-hydrogen) atoms. The summed E-state index contributed by atoms with van der Waals surface area (Å²) in [4.78, 5) is 0. The number of methoxy groups -OCH3 is 1. The Morgan fingerprint density at radius 1 is 1.14 bits per heavy atom. The summed E-state index contributed by atoms with van der Waals surface area (Å²) < 4.78 is 37.6. The lowest BCUT2D eigenvalue weighted by molar-refractivity contribution is 0.189. The summed E-state index contributed by atoms with van der Waals surface area (Å²) in [6.07, 6.45) is -0.809. The first-order chi connectivity index (χ1) is 10.0. The second kappa shape index (κ2) is 6.54. The van der Waals surface area contributed by atoms with Crippen LogP contribution in [-0.2, 0) is 6.61 Å². The second-order valence-corrected chi connectivity index (χ2v) is 4.58. The summed E-state index contributed by atoms with van der Waals surface area (Å²) in [7, 11) is 1.38. The van der Waals surface area contributed by atoms with Crippen molar-refractivity contribution < 1.29 is 23.4 Å². The molecule has 1 N–H and O–H groups in total. The number of ether oxygens (including phenoxy) is 2. The van der Waals surface area contributed by atoms with E-state index in [1.807, 2.05) is 0 Å². The van der Waals surface area contributed by atoms with E-state index in [-0.39, 0.29) is 23.7 Å². The molecule has 2 aromatic rings. The van der Waals surface area contributed by atoms with Crippen molar-refractivity contribution in [3.05, 3.63) is 59.2 Å². The Kier molecular flexibility index (Phi) is 4.75. The molecule has 0 unspecified atom stereocenters. The van der Waals surface area contributed by atoms with Crippen LogP contribution < -0.4 is 9.47 Å². The maximum absolute atomic E-state index is 14.0. The molecule has 2 rings (SSSR count). The fourth-order valence-electron chi connectivity index (χ4n) is 1.96. The summed E-state index contributed by atoms with van der Waals surface area (Å²) >= 11 is 0. The second-order valence-electron chi connectivity index (χ2n) is 4.58. The zero-order valence-corrected chi connectivity index (χ0v) is 11.8. The lowest BCUT2D eigenvalue weighted by Crippen LogP contribution is -2.04. The van der Waals surface area contributed by atoms with Crippen LogP contribution in [0.5, 0.6) is 11.5 Å². The van der Waals surface area contributed by atoms with Gasteiger partial charge in [0, 0.05) is 17.2 Å². The number of hydrogen-bond donors (Lipinski definition) is 1. The van der Waals surface area contributed by atoms with E-state index in [1.165, 1.54) is 31.4 Å². The maximum atomic E-state index is 14.0. The molecule has 0 fully saturated rings. The monoisotopic (exact) mass is 294 g/mol. The van der Waals surface area contributed by atoms with E-state index in [9.17, 15) is 13.9 Å². The van der Waals surface area contributed by atoms with Crippen LogP contribution in [0.2, 0.25) is 0 Å². The summed E-state index contributed by atoms with van der Waals surface area (Å²) in [5.74, 6) is -0.700. The van der Waals surface area contributed by atoms with E-state index >= 15 is 0 Å². The standard InChI is InChI=1S/C16H16F2O3/c1-10(19)13-7-6-12(17)8-15(13)21-9-11-4-3-5-14(20-2)16(11)18/h3-8,10,19H,9H2,1-2H3/t10-/m1/s1. The normalized spacial score (nSPS) is 12.0. The summed E-state index contributed by atoms with van der Waals surface area (Å²) in [6, 6.07) is 8.54. The molecule has 5 heteroatoms. The van der Waals surface area contributed by atoms with Gasteiger partial charge in [-0.25, -0.2) is 8.78 Å². The van der Waals surface area contributed by atoms with Crippen LogP contribution in [0, 0.1) is 11.6 Å². The molecule has 0 saturated carbocycles. The topological polar surface area (TPSA) is 38.7 Å². The molecule has 3 nitrogen and oxygen atoms in total. The third-order valence-corrected chi connectivity index (χ3v) is 3.07. The van der Waals surface area contributed by atoms with E-state index in [4.69, 9.17) is 9.47 Å². The molecule has 0 heterocycles. The summed E-state index contributed by atoms with van der Waals surface area (Å²) in [6.45, 7) is 1.46. The SMILES string of the molecule is COc1cccc(COc2cc(F)ccc2[C@@H](C)O)c1F. The van der Waals surface area contributed by atoms with Crippen molar-refractivity contribution in [1.82, 2.24) is 0 Å². The van der Waals surface area contributed by atoms with Gasteiger partial charge in [-0.3, -0.25) is 0 Å². The lowest BCUT2D eigenvalue weighted by Gasteiger charge is -2.14. The molecule has 112 valence electrons. The highest BCUT2D eigenvalue weighted by Crippen LogP contribution is 2.28. The van der Waals surface area contributed by atoms with Crippen LogP contribution in [-0.4, -0.2) is 12.2 Å². The first-order valence-electron chi connectivity index (χ1n) is 6.44. The van der Waals surface area contributed by atoms with Crippen LogP contribution in [0.4, 0.5) is 8.78 Å². The molecule has 1 atom stereocenters. The molecule has 0 aromatic heterocycles. The van der Waals surface area contributed by atoms with Crippen molar-refractivity contribution in [3.8, 4) is 11.5 Å². The quantitative estimate of drug-likeness (QED) is 0.915. The number of benzene rings is 2. The third-order valence-electron chi connectivity index (χ3n) is 3.07. The molecule has 0 aliphatic heterocycles. The van der Waals surface area contributed by atoms with Gasteiger partial charge >= 0.3 is 0 Å². The fraction of sp³-hybridized carbons (Fsp3) is 0.250. The zero-order chi connectivity index (χ0) is 15.4. The van der Waals surface area contributed by atoms with Gasteiger partial charge in [0.25, 0.3) is 0 Å². The Morgan fingerprint density at radius 2 is 1.90 bits per heavy atom. The highest BCUT2D eigenvalue weighted by molar-refractivity contribution is 5.36. The van der Waals surface area contributed by atoms with Gasteiger partial charge in [0.15, 0.2) is 11.6 Å². The average Bonchev–Trinajstić information content (AvgIpc) is 2.46. The minimum absolute atomic E-state index is 0.0911. The van der Waals surface area contributed by atoms with Gasteiger partial charge in [-0.2, -0.15) is 0 Å². The van der Waals surface area contributed by atoms with Gasteiger partial charge in [-0.15, -0.1) is 0 Å². The Labute approximate surface area is 121 Å². The molecule has 0 bridgehead atoms. The number of aliphatic hydroxyl groups is 1. The highest BCUT2D eigenvalue weighted by atomic mass is 19.1. The Morgan fingerprint density at radius 3 is 2.57 bits per heavy atom. The molecular weight excluding hydrogens is 278 g/mol. The van der Waals surface area contributed by atoms with Crippen molar-refractivity contribution in [2.45, 2.75) is 19.6 Å². The fourth-order valence-corrected chi connectivity index (χ4v) is 1.96. The third kappa shape index (κ3) is 3.49. The molecule has 0 amide bonds. The predicted molar refractivity (Wildman–Crippen MR) is 74.3 cm³/mol. The molecule has 0 aliphatic rings. The van der Waals surface area contributed by atoms with Crippen molar-refractivity contribution in [2.24, 2.45) is 0 Å². The van der Waals surface area contributed by atoms with Crippen molar-refractivity contribution in [2.75, 3.05) is 7.11 Å². The lowest BCUT2D eigenvalue weighted by atomic mass is 10.1. The van der Waals surface area contributed by atoms with Crippen molar-refractivity contribution in [1.29, 1.82) is 0 Å². The minimum Gasteiger partial charge on any atom is -0.494 e. The van der Waals surface area contributed by atoms with Gasteiger partial charge in [0.05, 0.1) is 13.2 Å². The predicted octanol–water partition coefficient (Wildman–Crippen LogP) is 3.61. The van der Waals surface area contributed by atoms with Gasteiger partial charge in [-0.05, 0) is 25.1 Å². The molecule has 0 aliphatic carbocycles. The number of hydrogen-bond acceptors (Lipinski definition) is 3. The first kappa shape index (κ1) is 15.3. The van der Waals surface area contributed by atoms with Crippen LogP contribution in [0.25, 0.3) is 0 Å². The van der Waals surface area contributed by atoms with Gasteiger partial charge in [0.1, 0.15) is 18.2 Å². The van der Waals surface area contributed by atoms with Crippen LogP contribution in [0.15, 0.2) is 36.4 Å². The van der Waals surface area contributed by atoms with Crippen LogP contribution >= 0.6 is 0 Å². The molecule has 0 spiro atoms. The number of halogens is 2. The average molecular weight is 294 g/mol. The van der Waals surface area contributed by atoms with Crippen LogP contribution in [0.3, 0.4) is 0 Å². The molecule has 2 aromatic carbocycles. The summed E-state index contributed by atoms with van der Waals surface area (Å²) in [5.41, 5.74) is 0.731. The molecule has 0 radical (unpaired) electrons. The van der Waals surface area contributed by atoms with E-state index < -0.39 is 17.7 Å². The largest absolute Gasteiger partial charge is 0.494 e. The Hall–Kier alpha value is -2.14. The van der Waals surface area contributed by atoms with Gasteiger partial charge < -0.3 is 14.6 Å². The van der Waals surface area contributed by atoms with E-state index in [1.54, 1.807) is 19.1 Å². The van der Waals surface area contributed by atoms with Gasteiger partial charge in [0.2, 0.25) is 0 Å². The molecular formula is C16H16F2O3. The van der Waals surface area contributed by atoms with E-state index in [0.29, 0.717) is 5.56 Å². The van der Waals surface area contributed by atoms with Crippen molar-refractivity contribution >= 4 is 0 Å².